The van der Waals surface area contributed by atoms with E-state index in [0.717, 1.165) is 31.0 Å². The van der Waals surface area contributed by atoms with Gasteiger partial charge in [-0.05, 0) is 31.0 Å². The van der Waals surface area contributed by atoms with Crippen molar-refractivity contribution in [2.45, 2.75) is 33.2 Å². The maximum absolute atomic E-state index is 11.1. The molecule has 0 unspecified atom stereocenters. The number of nitrogens with one attached hydrogen (secondary N) is 2. The van der Waals surface area contributed by atoms with E-state index in [9.17, 15) is 4.79 Å². The molecule has 2 N–H and O–H groups in total. The predicted molar refractivity (Wildman–Crippen MR) is 94.8 cm³/mol. The van der Waals surface area contributed by atoms with E-state index in [4.69, 9.17) is 0 Å². The van der Waals surface area contributed by atoms with Gasteiger partial charge in [0, 0.05) is 25.8 Å². The number of ether oxygens (including phenoxy) is 1. The summed E-state index contributed by atoms with van der Waals surface area (Å²) in [5.74, 6) is 0.915. The maximum Gasteiger partial charge on any atom is 0.411 e. The van der Waals surface area contributed by atoms with Crippen LogP contribution in [-0.4, -0.2) is 44.2 Å². The SMILES string of the molecule is CCCCN(C)C(=NCc1ccc(NC(=O)OC)cc1)NCC. The van der Waals surface area contributed by atoms with Gasteiger partial charge in [-0.15, -0.1) is 0 Å². The van der Waals surface area contributed by atoms with Crippen LogP contribution in [0.3, 0.4) is 0 Å². The van der Waals surface area contributed by atoms with Crippen LogP contribution in [0.2, 0.25) is 0 Å². The number of aliphatic imine (C=N–C) groups is 1. The number of amides is 1. The zero-order chi connectivity index (χ0) is 17.1. The summed E-state index contributed by atoms with van der Waals surface area (Å²) in [5, 5.41) is 5.94. The number of anilines is 1. The van der Waals surface area contributed by atoms with Gasteiger partial charge >= 0.3 is 6.09 Å². The van der Waals surface area contributed by atoms with Gasteiger partial charge in [0.15, 0.2) is 5.96 Å². The fraction of sp³-hybridized carbons (Fsp3) is 0.529. The van der Waals surface area contributed by atoms with Gasteiger partial charge in [-0.25, -0.2) is 9.79 Å². The van der Waals surface area contributed by atoms with E-state index < -0.39 is 6.09 Å². The Labute approximate surface area is 138 Å². The van der Waals surface area contributed by atoms with E-state index in [-0.39, 0.29) is 0 Å². The fourth-order valence-corrected chi connectivity index (χ4v) is 2.00. The highest BCUT2D eigenvalue weighted by Crippen LogP contribution is 2.11. The number of benzene rings is 1. The van der Waals surface area contributed by atoms with E-state index in [1.807, 2.05) is 24.3 Å². The third-order valence-electron chi connectivity index (χ3n) is 3.34. The van der Waals surface area contributed by atoms with Gasteiger partial charge in [0.25, 0.3) is 0 Å². The van der Waals surface area contributed by atoms with Gasteiger partial charge in [0.05, 0.1) is 13.7 Å². The number of nitrogens with zero attached hydrogens (tertiary/aromatic N) is 2. The summed E-state index contributed by atoms with van der Waals surface area (Å²) in [6, 6.07) is 7.58. The second-order valence-corrected chi connectivity index (χ2v) is 5.26. The molecule has 0 saturated carbocycles. The number of guanidine groups is 1. The van der Waals surface area contributed by atoms with Crippen LogP contribution in [0.25, 0.3) is 0 Å². The molecule has 23 heavy (non-hydrogen) atoms. The molecule has 1 aromatic carbocycles. The van der Waals surface area contributed by atoms with E-state index in [1.54, 1.807) is 0 Å². The zero-order valence-electron chi connectivity index (χ0n) is 14.6. The van der Waals surface area contributed by atoms with Crippen LogP contribution in [0.5, 0.6) is 0 Å². The van der Waals surface area contributed by atoms with E-state index in [2.05, 4.69) is 46.2 Å². The lowest BCUT2D eigenvalue weighted by Crippen LogP contribution is -2.39. The van der Waals surface area contributed by atoms with Gasteiger partial charge in [0.2, 0.25) is 0 Å². The highest BCUT2D eigenvalue weighted by atomic mass is 16.5. The van der Waals surface area contributed by atoms with Crippen molar-refractivity contribution in [2.24, 2.45) is 4.99 Å². The third-order valence-corrected chi connectivity index (χ3v) is 3.34. The second kappa shape index (κ2) is 10.5. The van der Waals surface area contributed by atoms with E-state index in [1.165, 1.54) is 13.5 Å². The van der Waals surface area contributed by atoms with Crippen LogP contribution in [0.4, 0.5) is 10.5 Å². The van der Waals surface area contributed by atoms with E-state index >= 15 is 0 Å². The molecule has 0 aliphatic carbocycles. The highest BCUT2D eigenvalue weighted by molar-refractivity contribution is 5.84. The molecule has 0 bridgehead atoms. The van der Waals surface area contributed by atoms with Crippen molar-refractivity contribution in [1.82, 2.24) is 10.2 Å². The molecule has 0 aromatic heterocycles. The lowest BCUT2D eigenvalue weighted by Gasteiger charge is -2.21. The van der Waals surface area contributed by atoms with Crippen LogP contribution < -0.4 is 10.6 Å². The molecule has 1 rings (SSSR count). The number of carbonyl (C=O) groups is 1. The standard InChI is InChI=1S/C17H28N4O2/c1-5-7-12-21(3)16(18-6-2)19-13-14-8-10-15(11-9-14)20-17(22)23-4/h8-11H,5-7,12-13H2,1-4H3,(H,18,19)(H,20,22). The van der Waals surface area contributed by atoms with Crippen LogP contribution in [0, 0.1) is 0 Å². The molecule has 0 atom stereocenters. The molecule has 128 valence electrons. The topological polar surface area (TPSA) is 66.0 Å². The average molecular weight is 320 g/mol. The number of carbonyl (C=O) groups excluding carboxylic acids is 1. The Hall–Kier alpha value is -2.24. The molecule has 6 heteroatoms. The minimum absolute atomic E-state index is 0.470. The molecule has 0 heterocycles. The van der Waals surface area contributed by atoms with Crippen molar-refractivity contribution < 1.29 is 9.53 Å². The second-order valence-electron chi connectivity index (χ2n) is 5.26. The Kier molecular flexibility index (Phi) is 8.57. The van der Waals surface area contributed by atoms with Crippen molar-refractivity contribution in [3.05, 3.63) is 29.8 Å². The van der Waals surface area contributed by atoms with Crippen molar-refractivity contribution in [3.63, 3.8) is 0 Å². The highest BCUT2D eigenvalue weighted by Gasteiger charge is 2.05. The summed E-state index contributed by atoms with van der Waals surface area (Å²) in [7, 11) is 3.40. The summed E-state index contributed by atoms with van der Waals surface area (Å²) in [6.07, 6.45) is 1.84. The molecule has 0 saturated heterocycles. The Morgan fingerprint density at radius 2 is 1.96 bits per heavy atom. The lowest BCUT2D eigenvalue weighted by atomic mass is 10.2. The molecule has 1 aromatic rings. The summed E-state index contributed by atoms with van der Waals surface area (Å²) >= 11 is 0. The molecule has 6 nitrogen and oxygen atoms in total. The molecule has 0 spiro atoms. The summed E-state index contributed by atoms with van der Waals surface area (Å²) in [6.45, 7) is 6.68. The maximum atomic E-state index is 11.1. The number of hydrogen-bond donors (Lipinski definition) is 2. The van der Waals surface area contributed by atoms with Crippen LogP contribution in [0.15, 0.2) is 29.3 Å². The number of rotatable bonds is 7. The normalized spacial score (nSPS) is 11.0. The molecular weight excluding hydrogens is 292 g/mol. The lowest BCUT2D eigenvalue weighted by molar-refractivity contribution is 0.187. The molecule has 0 aliphatic heterocycles. The zero-order valence-corrected chi connectivity index (χ0v) is 14.6. The predicted octanol–water partition coefficient (Wildman–Crippen LogP) is 3.06. The first-order chi connectivity index (χ1) is 11.1. The van der Waals surface area contributed by atoms with Gasteiger partial charge < -0.3 is 15.0 Å². The number of hydrogen-bond acceptors (Lipinski definition) is 3. The van der Waals surface area contributed by atoms with E-state index in [0.29, 0.717) is 12.2 Å². The first kappa shape index (κ1) is 18.8. The Morgan fingerprint density at radius 3 is 2.52 bits per heavy atom. The van der Waals surface area contributed by atoms with Gasteiger partial charge in [-0.1, -0.05) is 25.5 Å². The van der Waals surface area contributed by atoms with Crippen LogP contribution in [-0.2, 0) is 11.3 Å². The monoisotopic (exact) mass is 320 g/mol. The molecule has 0 aliphatic rings. The molecule has 0 fully saturated rings. The third kappa shape index (κ3) is 7.04. The Morgan fingerprint density at radius 1 is 1.26 bits per heavy atom. The number of methoxy groups -OCH3 is 1. The summed E-state index contributed by atoms with van der Waals surface area (Å²) < 4.78 is 4.56. The van der Waals surface area contributed by atoms with Crippen molar-refractivity contribution in [1.29, 1.82) is 0 Å². The molecule has 0 radical (unpaired) electrons. The first-order valence-electron chi connectivity index (χ1n) is 8.04. The number of unbranched alkanes of at least 4 members (excludes halogenated alkanes) is 1. The van der Waals surface area contributed by atoms with Crippen molar-refractivity contribution >= 4 is 17.7 Å². The minimum Gasteiger partial charge on any atom is -0.453 e. The van der Waals surface area contributed by atoms with Gasteiger partial charge in [0.1, 0.15) is 0 Å². The average Bonchev–Trinajstić information content (AvgIpc) is 2.57. The molecular formula is C17H28N4O2. The first-order valence-corrected chi connectivity index (χ1v) is 8.04. The fourth-order valence-electron chi connectivity index (χ4n) is 2.00. The minimum atomic E-state index is -0.470. The Balaban J connectivity index is 2.66. The summed E-state index contributed by atoms with van der Waals surface area (Å²) in [4.78, 5) is 18.0. The van der Waals surface area contributed by atoms with Gasteiger partial charge in [-0.3, -0.25) is 5.32 Å². The van der Waals surface area contributed by atoms with Crippen molar-refractivity contribution in [3.8, 4) is 0 Å². The molecule has 1 amide bonds. The quantitative estimate of drug-likeness (QED) is 0.598. The van der Waals surface area contributed by atoms with Crippen molar-refractivity contribution in [2.75, 3.05) is 32.6 Å². The Bertz CT molecular complexity index is 500. The largest absolute Gasteiger partial charge is 0.453 e. The van der Waals surface area contributed by atoms with Crippen LogP contribution in [0.1, 0.15) is 32.3 Å². The van der Waals surface area contributed by atoms with Crippen LogP contribution >= 0.6 is 0 Å². The smallest absolute Gasteiger partial charge is 0.411 e. The summed E-state index contributed by atoms with van der Waals surface area (Å²) in [5.41, 5.74) is 1.79. The van der Waals surface area contributed by atoms with Gasteiger partial charge in [-0.2, -0.15) is 0 Å².